The van der Waals surface area contributed by atoms with Crippen molar-refractivity contribution in [3.05, 3.63) is 47.5 Å². The third kappa shape index (κ3) is 2.15. The van der Waals surface area contributed by atoms with Gasteiger partial charge in [-0.05, 0) is 36.8 Å². The fourth-order valence-electron chi connectivity index (χ4n) is 3.30. The van der Waals surface area contributed by atoms with E-state index in [4.69, 9.17) is 9.47 Å². The lowest BCUT2D eigenvalue weighted by Gasteiger charge is -2.36. The predicted octanol–water partition coefficient (Wildman–Crippen LogP) is 2.63. The summed E-state index contributed by atoms with van der Waals surface area (Å²) in [4.78, 5) is 24.9. The molecule has 1 aromatic rings. The standard InChI is InChI=1S/C17H18O4/c1-12-7-8-14-9-10-20-15(18)17(12,14)16(19)21-11-13-5-3-2-4-6-13/h2-7,14H,8-11H2,1H3/t14-,17+/m1/s1. The Hall–Kier alpha value is -2.10. The van der Waals surface area contributed by atoms with Gasteiger partial charge in [-0.3, -0.25) is 9.59 Å². The van der Waals surface area contributed by atoms with Crippen molar-refractivity contribution < 1.29 is 19.1 Å². The van der Waals surface area contributed by atoms with Crippen LogP contribution in [0.15, 0.2) is 42.0 Å². The fourth-order valence-corrected chi connectivity index (χ4v) is 3.30. The Morgan fingerprint density at radius 3 is 2.90 bits per heavy atom. The monoisotopic (exact) mass is 286 g/mol. The smallest absolute Gasteiger partial charge is 0.328 e. The number of esters is 2. The van der Waals surface area contributed by atoms with Gasteiger partial charge >= 0.3 is 11.9 Å². The summed E-state index contributed by atoms with van der Waals surface area (Å²) in [5.41, 5.74) is 0.449. The maximum absolute atomic E-state index is 12.6. The van der Waals surface area contributed by atoms with Crippen molar-refractivity contribution in [2.75, 3.05) is 6.61 Å². The van der Waals surface area contributed by atoms with Crippen molar-refractivity contribution in [3.63, 3.8) is 0 Å². The number of allylic oxidation sites excluding steroid dienone is 1. The lowest BCUT2D eigenvalue weighted by molar-refractivity contribution is -0.179. The van der Waals surface area contributed by atoms with E-state index in [1.165, 1.54) is 0 Å². The summed E-state index contributed by atoms with van der Waals surface area (Å²) in [7, 11) is 0. The second-order valence-electron chi connectivity index (χ2n) is 5.61. The van der Waals surface area contributed by atoms with Crippen LogP contribution in [-0.4, -0.2) is 18.5 Å². The van der Waals surface area contributed by atoms with Crippen LogP contribution < -0.4 is 0 Å². The molecule has 0 amide bonds. The summed E-state index contributed by atoms with van der Waals surface area (Å²) in [6.45, 7) is 2.38. The van der Waals surface area contributed by atoms with Crippen molar-refractivity contribution in [3.8, 4) is 0 Å². The Morgan fingerprint density at radius 2 is 2.14 bits per heavy atom. The highest BCUT2D eigenvalue weighted by atomic mass is 16.6. The second-order valence-corrected chi connectivity index (χ2v) is 5.61. The van der Waals surface area contributed by atoms with Gasteiger partial charge in [0.1, 0.15) is 6.61 Å². The van der Waals surface area contributed by atoms with Crippen LogP contribution in [-0.2, 0) is 25.7 Å². The van der Waals surface area contributed by atoms with Gasteiger partial charge in [0, 0.05) is 0 Å². The Balaban J connectivity index is 1.81. The molecule has 0 radical (unpaired) electrons. The van der Waals surface area contributed by atoms with Crippen molar-refractivity contribution in [2.45, 2.75) is 26.4 Å². The topological polar surface area (TPSA) is 52.6 Å². The molecule has 1 aromatic carbocycles. The molecule has 0 spiro atoms. The van der Waals surface area contributed by atoms with Gasteiger partial charge in [-0.25, -0.2) is 0 Å². The van der Waals surface area contributed by atoms with E-state index in [-0.39, 0.29) is 12.5 Å². The Morgan fingerprint density at radius 1 is 1.38 bits per heavy atom. The molecule has 2 atom stereocenters. The first-order valence-corrected chi connectivity index (χ1v) is 7.21. The van der Waals surface area contributed by atoms with Crippen LogP contribution in [0.1, 0.15) is 25.3 Å². The van der Waals surface area contributed by atoms with Crippen LogP contribution in [0, 0.1) is 11.3 Å². The van der Waals surface area contributed by atoms with Crippen molar-refractivity contribution >= 4 is 11.9 Å². The van der Waals surface area contributed by atoms with Gasteiger partial charge in [0.2, 0.25) is 0 Å². The summed E-state index contributed by atoms with van der Waals surface area (Å²) in [6.07, 6.45) is 3.41. The van der Waals surface area contributed by atoms with Crippen molar-refractivity contribution in [1.29, 1.82) is 0 Å². The Labute approximate surface area is 123 Å². The lowest BCUT2D eigenvalue weighted by atomic mass is 9.71. The summed E-state index contributed by atoms with van der Waals surface area (Å²) in [5.74, 6) is -0.961. The zero-order valence-electron chi connectivity index (χ0n) is 12.0. The van der Waals surface area contributed by atoms with Crippen LogP contribution in [0.4, 0.5) is 0 Å². The van der Waals surface area contributed by atoms with E-state index in [1.807, 2.05) is 43.3 Å². The lowest BCUT2D eigenvalue weighted by Crippen LogP contribution is -2.49. The van der Waals surface area contributed by atoms with E-state index >= 15 is 0 Å². The third-order valence-corrected chi connectivity index (χ3v) is 4.50. The second kappa shape index (κ2) is 5.35. The molecule has 1 saturated heterocycles. The average molecular weight is 286 g/mol. The molecule has 3 rings (SSSR count). The van der Waals surface area contributed by atoms with Crippen molar-refractivity contribution in [2.24, 2.45) is 11.3 Å². The number of hydrogen-bond donors (Lipinski definition) is 0. The SMILES string of the molecule is CC1=CC[C@@H]2CCOC(=O)[C@]12C(=O)OCc1ccccc1. The first kappa shape index (κ1) is 13.9. The zero-order chi connectivity index (χ0) is 14.9. The van der Waals surface area contributed by atoms with E-state index in [9.17, 15) is 9.59 Å². The van der Waals surface area contributed by atoms with Gasteiger partial charge in [0.15, 0.2) is 5.41 Å². The molecule has 1 fully saturated rings. The number of benzene rings is 1. The molecule has 4 nitrogen and oxygen atoms in total. The molecule has 2 aliphatic rings. The van der Waals surface area contributed by atoms with Gasteiger partial charge in [0.25, 0.3) is 0 Å². The molecule has 0 N–H and O–H groups in total. The highest BCUT2D eigenvalue weighted by Crippen LogP contribution is 2.49. The number of rotatable bonds is 3. The normalized spacial score (nSPS) is 27.6. The number of carbonyl (C=O) groups is 2. The molecule has 110 valence electrons. The molecule has 1 aliphatic heterocycles. The minimum absolute atomic E-state index is 0.0259. The van der Waals surface area contributed by atoms with Crippen LogP contribution >= 0.6 is 0 Å². The molecule has 0 saturated carbocycles. The van der Waals surface area contributed by atoms with Crippen LogP contribution in [0.2, 0.25) is 0 Å². The van der Waals surface area contributed by atoms with Gasteiger partial charge in [-0.1, -0.05) is 36.4 Å². The highest BCUT2D eigenvalue weighted by molar-refractivity contribution is 6.04. The van der Waals surface area contributed by atoms with Gasteiger partial charge in [-0.15, -0.1) is 0 Å². The highest BCUT2D eigenvalue weighted by Gasteiger charge is 2.59. The molecule has 0 unspecified atom stereocenters. The fraction of sp³-hybridized carbons (Fsp3) is 0.412. The molecular weight excluding hydrogens is 268 g/mol. The largest absolute Gasteiger partial charge is 0.465 e. The molecule has 21 heavy (non-hydrogen) atoms. The van der Waals surface area contributed by atoms with Crippen molar-refractivity contribution in [1.82, 2.24) is 0 Å². The first-order chi connectivity index (χ1) is 10.2. The molecular formula is C17H18O4. The Kier molecular flexibility index (Phi) is 3.53. The van der Waals surface area contributed by atoms with E-state index in [2.05, 4.69) is 0 Å². The van der Waals surface area contributed by atoms with E-state index in [0.717, 1.165) is 17.6 Å². The third-order valence-electron chi connectivity index (χ3n) is 4.50. The maximum Gasteiger partial charge on any atom is 0.328 e. The van der Waals surface area contributed by atoms with Gasteiger partial charge < -0.3 is 9.47 Å². The van der Waals surface area contributed by atoms with E-state index in [0.29, 0.717) is 13.0 Å². The minimum Gasteiger partial charge on any atom is -0.465 e. The summed E-state index contributed by atoms with van der Waals surface area (Å²) in [6, 6.07) is 9.46. The molecule has 1 heterocycles. The first-order valence-electron chi connectivity index (χ1n) is 7.21. The number of fused-ring (bicyclic) bond motifs is 1. The zero-order valence-corrected chi connectivity index (χ0v) is 12.0. The average Bonchev–Trinajstić information content (AvgIpc) is 2.85. The molecule has 4 heteroatoms. The Bertz CT molecular complexity index is 590. The van der Waals surface area contributed by atoms with E-state index in [1.54, 1.807) is 0 Å². The number of carbonyl (C=O) groups excluding carboxylic acids is 2. The van der Waals surface area contributed by atoms with E-state index < -0.39 is 17.4 Å². The number of cyclic esters (lactones) is 1. The summed E-state index contributed by atoms with van der Waals surface area (Å²) < 4.78 is 10.6. The van der Waals surface area contributed by atoms with Gasteiger partial charge in [-0.2, -0.15) is 0 Å². The van der Waals surface area contributed by atoms with Gasteiger partial charge in [0.05, 0.1) is 6.61 Å². The quantitative estimate of drug-likeness (QED) is 0.487. The summed E-state index contributed by atoms with van der Waals surface area (Å²) in [5, 5.41) is 0. The van der Waals surface area contributed by atoms with Crippen LogP contribution in [0.5, 0.6) is 0 Å². The maximum atomic E-state index is 12.6. The number of hydrogen-bond acceptors (Lipinski definition) is 4. The molecule has 1 aliphatic carbocycles. The summed E-state index contributed by atoms with van der Waals surface area (Å²) >= 11 is 0. The van der Waals surface area contributed by atoms with Crippen LogP contribution in [0.3, 0.4) is 0 Å². The minimum atomic E-state index is -1.22. The number of ether oxygens (including phenoxy) is 2. The molecule has 0 bridgehead atoms. The molecule has 0 aromatic heterocycles. The predicted molar refractivity (Wildman–Crippen MR) is 76.1 cm³/mol. The van der Waals surface area contributed by atoms with Crippen LogP contribution in [0.25, 0.3) is 0 Å².